The van der Waals surface area contributed by atoms with Crippen molar-refractivity contribution in [1.29, 1.82) is 0 Å². The SMILES string of the molecule is CCCCC(CC)COP(=O)([O-])OCC[N+](C)(C)CC(CC)CCCC. The summed E-state index contributed by atoms with van der Waals surface area (Å²) in [6, 6.07) is 0. The van der Waals surface area contributed by atoms with Crippen LogP contribution in [-0.2, 0) is 13.6 Å². The quantitative estimate of drug-likeness (QED) is 0.258. The highest BCUT2D eigenvalue weighted by molar-refractivity contribution is 7.45. The van der Waals surface area contributed by atoms with Crippen molar-refractivity contribution in [2.24, 2.45) is 11.8 Å². The summed E-state index contributed by atoms with van der Waals surface area (Å²) in [6.45, 7) is 10.8. The lowest BCUT2D eigenvalue weighted by Crippen LogP contribution is -2.45. The van der Waals surface area contributed by atoms with Gasteiger partial charge in [-0.3, -0.25) is 4.57 Å². The molecule has 0 aliphatic carbocycles. The predicted octanol–water partition coefficient (Wildman–Crippen LogP) is 5.00. The largest absolute Gasteiger partial charge is 0.756 e. The highest BCUT2D eigenvalue weighted by Crippen LogP contribution is 2.39. The zero-order valence-electron chi connectivity index (χ0n) is 18.2. The summed E-state index contributed by atoms with van der Waals surface area (Å²) in [4.78, 5) is 12.0. The van der Waals surface area contributed by atoms with E-state index in [1.165, 1.54) is 25.7 Å². The van der Waals surface area contributed by atoms with Crippen LogP contribution >= 0.6 is 7.82 Å². The molecule has 0 saturated carbocycles. The van der Waals surface area contributed by atoms with Gasteiger partial charge in [-0.1, -0.05) is 59.8 Å². The first kappa shape index (κ1) is 26.1. The Kier molecular flexibility index (Phi) is 14.2. The van der Waals surface area contributed by atoms with Crippen molar-refractivity contribution in [3.8, 4) is 0 Å². The van der Waals surface area contributed by atoms with E-state index in [4.69, 9.17) is 9.05 Å². The molecule has 0 amide bonds. The van der Waals surface area contributed by atoms with Gasteiger partial charge in [0.15, 0.2) is 0 Å². The van der Waals surface area contributed by atoms with E-state index in [1.807, 2.05) is 0 Å². The zero-order chi connectivity index (χ0) is 20.1. The Labute approximate surface area is 162 Å². The van der Waals surface area contributed by atoms with Crippen LogP contribution in [0.15, 0.2) is 0 Å². The molecule has 0 bridgehead atoms. The minimum atomic E-state index is -4.20. The Morgan fingerprint density at radius 3 is 1.96 bits per heavy atom. The number of unbranched alkanes of at least 4 members (excludes halogenated alkanes) is 2. The van der Waals surface area contributed by atoms with Gasteiger partial charge in [0.2, 0.25) is 0 Å². The number of rotatable bonds is 17. The third kappa shape index (κ3) is 13.3. The van der Waals surface area contributed by atoms with Gasteiger partial charge in [-0.05, 0) is 25.2 Å². The second-order valence-electron chi connectivity index (χ2n) is 8.25. The molecule has 26 heavy (non-hydrogen) atoms. The Morgan fingerprint density at radius 1 is 0.923 bits per heavy atom. The molecule has 0 aliphatic heterocycles. The minimum Gasteiger partial charge on any atom is -0.756 e. The molecule has 0 fully saturated rings. The van der Waals surface area contributed by atoms with Crippen molar-refractivity contribution in [3.05, 3.63) is 0 Å². The van der Waals surface area contributed by atoms with Crippen LogP contribution in [0.25, 0.3) is 0 Å². The molecule has 0 rings (SSSR count). The van der Waals surface area contributed by atoms with Crippen molar-refractivity contribution in [2.75, 3.05) is 40.4 Å². The fraction of sp³-hybridized carbons (Fsp3) is 1.00. The van der Waals surface area contributed by atoms with Crippen LogP contribution in [0.2, 0.25) is 0 Å². The molecule has 0 aliphatic rings. The molecular formula is C20H44NO4P. The summed E-state index contributed by atoms with van der Waals surface area (Å²) in [7, 11) is 0.0940. The lowest BCUT2D eigenvalue weighted by Gasteiger charge is -2.34. The van der Waals surface area contributed by atoms with Crippen molar-refractivity contribution in [1.82, 2.24) is 0 Å². The molecule has 0 aromatic rings. The van der Waals surface area contributed by atoms with E-state index < -0.39 is 7.82 Å². The van der Waals surface area contributed by atoms with Crippen LogP contribution in [0.5, 0.6) is 0 Å². The summed E-state index contributed by atoms with van der Waals surface area (Å²) in [5.74, 6) is 0.973. The zero-order valence-corrected chi connectivity index (χ0v) is 19.1. The van der Waals surface area contributed by atoms with Crippen molar-refractivity contribution < 1.29 is 23.0 Å². The maximum atomic E-state index is 12.0. The molecule has 0 spiro atoms. The van der Waals surface area contributed by atoms with E-state index >= 15 is 0 Å². The average Bonchev–Trinajstić information content (AvgIpc) is 2.58. The summed E-state index contributed by atoms with van der Waals surface area (Å²) >= 11 is 0. The molecule has 0 radical (unpaired) electrons. The molecule has 0 aromatic heterocycles. The van der Waals surface area contributed by atoms with E-state index in [0.717, 1.165) is 36.7 Å². The number of quaternary nitrogens is 1. The first-order chi connectivity index (χ1) is 12.2. The van der Waals surface area contributed by atoms with Crippen molar-refractivity contribution in [2.45, 2.75) is 79.1 Å². The monoisotopic (exact) mass is 393 g/mol. The van der Waals surface area contributed by atoms with Crippen LogP contribution in [0.4, 0.5) is 0 Å². The van der Waals surface area contributed by atoms with E-state index in [2.05, 4.69) is 41.8 Å². The Bertz CT molecular complexity index is 390. The molecule has 3 atom stereocenters. The molecule has 0 N–H and O–H groups in total. The number of phosphoric ester groups is 1. The summed E-state index contributed by atoms with van der Waals surface area (Å²) in [5, 5.41) is 0. The maximum absolute atomic E-state index is 12.0. The highest BCUT2D eigenvalue weighted by Gasteiger charge is 2.22. The van der Waals surface area contributed by atoms with Crippen molar-refractivity contribution >= 4 is 7.82 Å². The van der Waals surface area contributed by atoms with Gasteiger partial charge in [0.1, 0.15) is 13.2 Å². The van der Waals surface area contributed by atoms with Gasteiger partial charge < -0.3 is 18.4 Å². The molecule has 6 heteroatoms. The molecular weight excluding hydrogens is 349 g/mol. The van der Waals surface area contributed by atoms with Gasteiger partial charge in [0.05, 0.1) is 27.2 Å². The molecule has 5 nitrogen and oxygen atoms in total. The fourth-order valence-corrected chi connectivity index (χ4v) is 4.01. The number of nitrogens with zero attached hydrogens (tertiary/aromatic N) is 1. The second kappa shape index (κ2) is 14.1. The van der Waals surface area contributed by atoms with Crippen LogP contribution in [0.1, 0.15) is 79.1 Å². The van der Waals surface area contributed by atoms with Gasteiger partial charge in [-0.15, -0.1) is 0 Å². The topological polar surface area (TPSA) is 58.6 Å². The molecule has 0 aromatic carbocycles. The Balaban J connectivity index is 4.25. The average molecular weight is 394 g/mol. The summed E-state index contributed by atoms with van der Waals surface area (Å²) in [6.07, 6.45) is 9.06. The lowest BCUT2D eigenvalue weighted by molar-refractivity contribution is -0.893. The van der Waals surface area contributed by atoms with E-state index in [-0.39, 0.29) is 19.1 Å². The Hall–Kier alpha value is 0.0700. The first-order valence-electron chi connectivity index (χ1n) is 10.6. The van der Waals surface area contributed by atoms with Crippen molar-refractivity contribution in [3.63, 3.8) is 0 Å². The normalized spacial score (nSPS) is 17.0. The molecule has 158 valence electrons. The van der Waals surface area contributed by atoms with E-state index in [1.54, 1.807) is 0 Å². The number of phosphoric acid groups is 1. The van der Waals surface area contributed by atoms with Gasteiger partial charge in [-0.2, -0.15) is 0 Å². The van der Waals surface area contributed by atoms with E-state index in [0.29, 0.717) is 12.5 Å². The maximum Gasteiger partial charge on any atom is 0.268 e. The van der Waals surface area contributed by atoms with Crippen LogP contribution in [0, 0.1) is 11.8 Å². The Morgan fingerprint density at radius 2 is 1.46 bits per heavy atom. The number of hydrogen-bond donors (Lipinski definition) is 0. The third-order valence-electron chi connectivity index (χ3n) is 5.25. The summed E-state index contributed by atoms with van der Waals surface area (Å²) < 4.78 is 23.0. The van der Waals surface area contributed by atoms with E-state index in [9.17, 15) is 9.46 Å². The molecule has 3 unspecified atom stereocenters. The van der Waals surface area contributed by atoms with Crippen LogP contribution < -0.4 is 4.89 Å². The van der Waals surface area contributed by atoms with Gasteiger partial charge in [0.25, 0.3) is 7.82 Å². The van der Waals surface area contributed by atoms with Gasteiger partial charge in [0, 0.05) is 5.92 Å². The molecule has 0 heterocycles. The van der Waals surface area contributed by atoms with Crippen LogP contribution in [-0.4, -0.2) is 44.9 Å². The third-order valence-corrected chi connectivity index (χ3v) is 6.22. The fourth-order valence-electron chi connectivity index (χ4n) is 3.24. The smallest absolute Gasteiger partial charge is 0.268 e. The van der Waals surface area contributed by atoms with Crippen LogP contribution in [0.3, 0.4) is 0 Å². The van der Waals surface area contributed by atoms with Gasteiger partial charge >= 0.3 is 0 Å². The highest BCUT2D eigenvalue weighted by atomic mass is 31.2. The lowest BCUT2D eigenvalue weighted by atomic mass is 9.98. The standard InChI is InChI=1S/C20H44NO4P/c1-7-11-13-19(9-3)17-21(5,6)15-16-24-26(22,23)25-18-20(10-4)14-12-8-2/h19-20H,7-18H2,1-6H3. The minimum absolute atomic E-state index is 0.184. The first-order valence-corrected chi connectivity index (χ1v) is 12.1. The summed E-state index contributed by atoms with van der Waals surface area (Å²) in [5.41, 5.74) is 0. The molecule has 0 saturated heterocycles. The number of likely N-dealkylation sites (N-methyl/N-ethyl adjacent to an activating group) is 1. The predicted molar refractivity (Wildman–Crippen MR) is 108 cm³/mol. The van der Waals surface area contributed by atoms with Gasteiger partial charge in [-0.25, -0.2) is 0 Å². The number of hydrogen-bond acceptors (Lipinski definition) is 4. The second-order valence-corrected chi connectivity index (χ2v) is 9.66.